The number of aromatic nitrogens is 1. The quantitative estimate of drug-likeness (QED) is 0.250. The monoisotopic (exact) mass is 613 g/mol. The van der Waals surface area contributed by atoms with Crippen molar-refractivity contribution in [2.24, 2.45) is 4.99 Å². The van der Waals surface area contributed by atoms with Crippen LogP contribution in [-0.2, 0) is 16.1 Å². The number of carbonyl (C=O) groups is 1. The van der Waals surface area contributed by atoms with E-state index in [0.717, 1.165) is 5.56 Å². The summed E-state index contributed by atoms with van der Waals surface area (Å²) < 4.78 is 19.0. The fourth-order valence-corrected chi connectivity index (χ4v) is 5.95. The van der Waals surface area contributed by atoms with E-state index in [4.69, 9.17) is 31.1 Å². The van der Waals surface area contributed by atoms with E-state index in [9.17, 15) is 9.59 Å². The Kier molecular flexibility index (Phi) is 8.81. The SMILES string of the molecule is COc1cccc([C@@H]2C(C(=O)OC(C)C)=C(C)N=c3s/c(=C\c4cc(Cl)ccc4OCc4ccc(C#N)cc4)c(=O)n32)c1. The standard InChI is InChI=1S/C33H28ClN3O5S/c1-19(2)42-32(39)29-20(3)36-33-37(30(29)23-6-5-7-26(15-23)40-4)31(38)28(43-33)16-24-14-25(34)12-13-27(24)41-18-22-10-8-21(17-35)9-11-22/h5-16,19,30H,18H2,1-4H3/b28-16-/t30-/m1/s1. The number of nitrogens with zero attached hydrogens (tertiary/aromatic N) is 3. The smallest absolute Gasteiger partial charge is 0.338 e. The molecule has 1 aliphatic heterocycles. The molecule has 5 rings (SSSR count). The molecule has 0 aliphatic carbocycles. The number of thiazole rings is 1. The van der Waals surface area contributed by atoms with Crippen LogP contribution in [0.25, 0.3) is 6.08 Å². The van der Waals surface area contributed by atoms with Gasteiger partial charge in [-0.1, -0.05) is 47.2 Å². The van der Waals surface area contributed by atoms with Gasteiger partial charge in [0.1, 0.15) is 18.1 Å². The maximum atomic E-state index is 14.1. The highest BCUT2D eigenvalue weighted by atomic mass is 35.5. The number of benzene rings is 3. The molecule has 0 bridgehead atoms. The van der Waals surface area contributed by atoms with Crippen molar-refractivity contribution in [3.63, 3.8) is 0 Å². The third-order valence-corrected chi connectivity index (χ3v) is 7.95. The number of methoxy groups -OCH3 is 1. The highest BCUT2D eigenvalue weighted by molar-refractivity contribution is 7.07. The van der Waals surface area contributed by atoms with Crippen LogP contribution in [0.4, 0.5) is 0 Å². The third kappa shape index (κ3) is 6.41. The van der Waals surface area contributed by atoms with Gasteiger partial charge in [-0.15, -0.1) is 0 Å². The lowest BCUT2D eigenvalue weighted by Gasteiger charge is -2.25. The first-order valence-corrected chi connectivity index (χ1v) is 14.7. The summed E-state index contributed by atoms with van der Waals surface area (Å²) in [5.74, 6) is 0.585. The number of carbonyl (C=O) groups excluding carboxylic acids is 1. The molecule has 0 saturated heterocycles. The summed E-state index contributed by atoms with van der Waals surface area (Å²) in [7, 11) is 1.56. The number of ether oxygens (including phenoxy) is 3. The maximum absolute atomic E-state index is 14.1. The van der Waals surface area contributed by atoms with E-state index in [1.165, 1.54) is 15.9 Å². The summed E-state index contributed by atoms with van der Waals surface area (Å²) in [4.78, 5) is 32.5. The zero-order valence-corrected chi connectivity index (χ0v) is 25.5. The van der Waals surface area contributed by atoms with Gasteiger partial charge in [0.15, 0.2) is 4.80 Å². The molecule has 1 aliphatic rings. The first kappa shape index (κ1) is 29.8. The number of esters is 1. The van der Waals surface area contributed by atoms with Crippen LogP contribution in [0.1, 0.15) is 49.1 Å². The first-order chi connectivity index (χ1) is 20.7. The summed E-state index contributed by atoms with van der Waals surface area (Å²) in [6.45, 7) is 5.55. The van der Waals surface area contributed by atoms with Gasteiger partial charge in [-0.25, -0.2) is 9.79 Å². The molecular formula is C33H28ClN3O5S. The Morgan fingerprint density at radius 1 is 1.16 bits per heavy atom. The van der Waals surface area contributed by atoms with Crippen LogP contribution in [-0.4, -0.2) is 23.8 Å². The van der Waals surface area contributed by atoms with Crippen LogP contribution in [0, 0.1) is 11.3 Å². The van der Waals surface area contributed by atoms with E-state index in [1.54, 1.807) is 76.4 Å². The fraction of sp³-hybridized carbons (Fsp3) is 0.212. The Labute approximate surface area is 257 Å². The second-order valence-corrected chi connectivity index (χ2v) is 11.5. The van der Waals surface area contributed by atoms with E-state index in [0.29, 0.717) is 48.2 Å². The zero-order valence-electron chi connectivity index (χ0n) is 24.0. The van der Waals surface area contributed by atoms with Crippen LogP contribution < -0.4 is 24.4 Å². The summed E-state index contributed by atoms with van der Waals surface area (Å²) >= 11 is 7.56. The van der Waals surface area contributed by atoms with Crippen molar-refractivity contribution in [2.45, 2.75) is 39.5 Å². The number of halogens is 1. The van der Waals surface area contributed by atoms with Crippen molar-refractivity contribution in [3.05, 3.63) is 125 Å². The maximum Gasteiger partial charge on any atom is 0.338 e. The average molecular weight is 614 g/mol. The van der Waals surface area contributed by atoms with E-state index in [1.807, 2.05) is 24.3 Å². The largest absolute Gasteiger partial charge is 0.497 e. The van der Waals surface area contributed by atoms with Gasteiger partial charge in [0.25, 0.3) is 5.56 Å². The van der Waals surface area contributed by atoms with Crippen molar-refractivity contribution >= 4 is 35.0 Å². The van der Waals surface area contributed by atoms with Gasteiger partial charge in [0.05, 0.1) is 46.7 Å². The Balaban J connectivity index is 1.61. The van der Waals surface area contributed by atoms with Crippen molar-refractivity contribution in [2.75, 3.05) is 7.11 Å². The summed E-state index contributed by atoms with van der Waals surface area (Å²) in [6.07, 6.45) is 1.37. The lowest BCUT2D eigenvalue weighted by atomic mass is 9.95. The molecule has 0 unspecified atom stereocenters. The topological polar surface area (TPSA) is 103 Å². The first-order valence-electron chi connectivity index (χ1n) is 13.5. The van der Waals surface area contributed by atoms with Crippen LogP contribution in [0.5, 0.6) is 11.5 Å². The van der Waals surface area contributed by atoms with Gasteiger partial charge in [-0.2, -0.15) is 5.26 Å². The Morgan fingerprint density at radius 2 is 1.93 bits per heavy atom. The van der Waals surface area contributed by atoms with Crippen molar-refractivity contribution < 1.29 is 19.0 Å². The lowest BCUT2D eigenvalue weighted by Crippen LogP contribution is -2.40. The molecular weight excluding hydrogens is 586 g/mol. The van der Waals surface area contributed by atoms with Gasteiger partial charge in [-0.05, 0) is 80.4 Å². The molecule has 10 heteroatoms. The van der Waals surface area contributed by atoms with Crippen LogP contribution in [0.15, 0.2) is 87.8 Å². The number of rotatable bonds is 8. The van der Waals surface area contributed by atoms with E-state index in [-0.39, 0.29) is 23.8 Å². The molecule has 3 aromatic carbocycles. The molecule has 2 heterocycles. The number of hydrogen-bond acceptors (Lipinski definition) is 8. The summed E-state index contributed by atoms with van der Waals surface area (Å²) in [5.41, 5.74) is 3.18. The molecule has 43 heavy (non-hydrogen) atoms. The number of allylic oxidation sites excluding steroid dienone is 1. The van der Waals surface area contributed by atoms with Crippen LogP contribution in [0.2, 0.25) is 5.02 Å². The molecule has 1 atom stereocenters. The molecule has 0 spiro atoms. The Bertz CT molecular complexity index is 1950. The molecule has 0 amide bonds. The predicted octanol–water partition coefficient (Wildman–Crippen LogP) is 5.30. The minimum Gasteiger partial charge on any atom is -0.497 e. The molecule has 0 saturated carbocycles. The predicted molar refractivity (Wildman–Crippen MR) is 165 cm³/mol. The normalized spacial score (nSPS) is 14.6. The molecule has 1 aromatic heterocycles. The van der Waals surface area contributed by atoms with Crippen molar-refractivity contribution in [1.82, 2.24) is 4.57 Å². The highest BCUT2D eigenvalue weighted by Crippen LogP contribution is 2.32. The second kappa shape index (κ2) is 12.7. The molecule has 218 valence electrons. The summed E-state index contributed by atoms with van der Waals surface area (Å²) in [5, 5.41) is 9.54. The van der Waals surface area contributed by atoms with E-state index in [2.05, 4.69) is 11.1 Å². The van der Waals surface area contributed by atoms with Gasteiger partial charge in [0, 0.05) is 10.6 Å². The molecule has 0 N–H and O–H groups in total. The van der Waals surface area contributed by atoms with Gasteiger partial charge < -0.3 is 14.2 Å². The molecule has 0 radical (unpaired) electrons. The van der Waals surface area contributed by atoms with E-state index >= 15 is 0 Å². The number of fused-ring (bicyclic) bond motifs is 1. The van der Waals surface area contributed by atoms with Gasteiger partial charge in [0.2, 0.25) is 0 Å². The average Bonchev–Trinajstić information content (AvgIpc) is 3.29. The van der Waals surface area contributed by atoms with Crippen LogP contribution >= 0.6 is 22.9 Å². The Morgan fingerprint density at radius 3 is 2.63 bits per heavy atom. The molecule has 0 fully saturated rings. The molecule has 4 aromatic rings. The minimum atomic E-state index is -0.772. The van der Waals surface area contributed by atoms with E-state index < -0.39 is 12.0 Å². The minimum absolute atomic E-state index is 0.256. The summed E-state index contributed by atoms with van der Waals surface area (Å²) in [6, 6.07) is 20.9. The zero-order chi connectivity index (χ0) is 30.7. The lowest BCUT2D eigenvalue weighted by molar-refractivity contribution is -0.143. The number of nitriles is 1. The van der Waals surface area contributed by atoms with Gasteiger partial charge >= 0.3 is 5.97 Å². The van der Waals surface area contributed by atoms with Crippen LogP contribution in [0.3, 0.4) is 0 Å². The van der Waals surface area contributed by atoms with Gasteiger partial charge in [-0.3, -0.25) is 9.36 Å². The highest BCUT2D eigenvalue weighted by Gasteiger charge is 2.34. The fourth-order valence-electron chi connectivity index (χ4n) is 4.73. The number of hydrogen-bond donors (Lipinski definition) is 0. The van der Waals surface area contributed by atoms with Crippen molar-refractivity contribution in [3.8, 4) is 17.6 Å². The third-order valence-electron chi connectivity index (χ3n) is 6.73. The Hall–Kier alpha value is -4.65. The molecule has 8 nitrogen and oxygen atoms in total. The van der Waals surface area contributed by atoms with Crippen molar-refractivity contribution in [1.29, 1.82) is 5.26 Å². The second-order valence-electron chi connectivity index (χ2n) is 10.1.